The zero-order chi connectivity index (χ0) is 12.0. The molecule has 88 valence electrons. The Morgan fingerprint density at radius 3 is 2.69 bits per heavy atom. The maximum atomic E-state index is 11.2. The summed E-state index contributed by atoms with van der Waals surface area (Å²) < 4.78 is 10.2. The van der Waals surface area contributed by atoms with Gasteiger partial charge in [-0.3, -0.25) is 4.79 Å². The third-order valence-corrected chi connectivity index (χ3v) is 2.45. The van der Waals surface area contributed by atoms with Crippen molar-refractivity contribution in [1.82, 2.24) is 0 Å². The van der Waals surface area contributed by atoms with Gasteiger partial charge in [0.05, 0.1) is 20.1 Å². The molecular formula is C13H18O3. The van der Waals surface area contributed by atoms with Crippen LogP contribution in [0.3, 0.4) is 0 Å². The summed E-state index contributed by atoms with van der Waals surface area (Å²) in [5.41, 5.74) is 1.05. The van der Waals surface area contributed by atoms with Crippen molar-refractivity contribution in [2.45, 2.75) is 26.2 Å². The summed E-state index contributed by atoms with van der Waals surface area (Å²) in [5.74, 6) is 0.760. The van der Waals surface area contributed by atoms with Gasteiger partial charge in [0.2, 0.25) is 0 Å². The molecule has 0 bridgehead atoms. The van der Waals surface area contributed by atoms with E-state index in [0.29, 0.717) is 13.0 Å². The molecule has 0 amide bonds. The van der Waals surface area contributed by atoms with Gasteiger partial charge in [-0.1, -0.05) is 25.1 Å². The van der Waals surface area contributed by atoms with E-state index in [2.05, 4.69) is 4.74 Å². The van der Waals surface area contributed by atoms with Gasteiger partial charge in [0.15, 0.2) is 0 Å². The number of methoxy groups -OCH3 is 1. The Balaban J connectivity index is 2.81. The van der Waals surface area contributed by atoms with E-state index in [-0.39, 0.29) is 11.9 Å². The minimum absolute atomic E-state index is 0.107. The topological polar surface area (TPSA) is 35.5 Å². The lowest BCUT2D eigenvalue weighted by Gasteiger charge is -2.15. The van der Waals surface area contributed by atoms with Crippen LogP contribution < -0.4 is 4.74 Å². The van der Waals surface area contributed by atoms with Gasteiger partial charge >= 0.3 is 5.97 Å². The van der Waals surface area contributed by atoms with Gasteiger partial charge < -0.3 is 9.47 Å². The molecule has 0 aromatic heterocycles. The zero-order valence-electron chi connectivity index (χ0n) is 10.0. The molecule has 1 aromatic carbocycles. The number of carbonyl (C=O) groups is 1. The molecule has 0 aliphatic heterocycles. The SMILES string of the molecule is CCOc1ccccc1C(C)CC(=O)OC. The molecule has 0 radical (unpaired) electrons. The Hall–Kier alpha value is -1.51. The van der Waals surface area contributed by atoms with Crippen LogP contribution in [0.4, 0.5) is 0 Å². The minimum Gasteiger partial charge on any atom is -0.494 e. The number of esters is 1. The van der Waals surface area contributed by atoms with Crippen molar-refractivity contribution in [3.05, 3.63) is 29.8 Å². The van der Waals surface area contributed by atoms with Crippen LogP contribution in [0.15, 0.2) is 24.3 Å². The molecular weight excluding hydrogens is 204 g/mol. The third kappa shape index (κ3) is 3.26. The number of carbonyl (C=O) groups excluding carboxylic acids is 1. The van der Waals surface area contributed by atoms with E-state index in [1.807, 2.05) is 38.1 Å². The van der Waals surface area contributed by atoms with E-state index < -0.39 is 0 Å². The second-order valence-electron chi connectivity index (χ2n) is 3.65. The smallest absolute Gasteiger partial charge is 0.306 e. The highest BCUT2D eigenvalue weighted by Crippen LogP contribution is 2.28. The number of rotatable bonds is 5. The van der Waals surface area contributed by atoms with E-state index >= 15 is 0 Å². The maximum Gasteiger partial charge on any atom is 0.306 e. The van der Waals surface area contributed by atoms with Crippen molar-refractivity contribution in [1.29, 1.82) is 0 Å². The van der Waals surface area contributed by atoms with Crippen molar-refractivity contribution in [3.63, 3.8) is 0 Å². The first kappa shape index (κ1) is 12.6. The number of para-hydroxylation sites is 1. The van der Waals surface area contributed by atoms with Crippen LogP contribution in [-0.2, 0) is 9.53 Å². The van der Waals surface area contributed by atoms with Crippen LogP contribution in [0.25, 0.3) is 0 Å². The van der Waals surface area contributed by atoms with E-state index in [1.54, 1.807) is 0 Å². The number of hydrogen-bond donors (Lipinski definition) is 0. The van der Waals surface area contributed by atoms with Crippen molar-refractivity contribution >= 4 is 5.97 Å². The first-order valence-corrected chi connectivity index (χ1v) is 5.47. The Labute approximate surface area is 96.4 Å². The Morgan fingerprint density at radius 1 is 1.38 bits per heavy atom. The summed E-state index contributed by atoms with van der Waals surface area (Å²) in [4.78, 5) is 11.2. The molecule has 0 fully saturated rings. The standard InChI is InChI=1S/C13H18O3/c1-4-16-12-8-6-5-7-11(12)10(2)9-13(14)15-3/h5-8,10H,4,9H2,1-3H3. The summed E-state index contributed by atoms with van der Waals surface area (Å²) >= 11 is 0. The van der Waals surface area contributed by atoms with Gasteiger partial charge in [0.1, 0.15) is 5.75 Å². The molecule has 0 aliphatic carbocycles. The van der Waals surface area contributed by atoms with Gasteiger partial charge in [-0.25, -0.2) is 0 Å². The molecule has 0 aliphatic rings. The predicted molar refractivity (Wildman–Crippen MR) is 62.7 cm³/mol. The lowest BCUT2D eigenvalue weighted by molar-refractivity contribution is -0.140. The molecule has 1 unspecified atom stereocenters. The van der Waals surface area contributed by atoms with Crippen LogP contribution >= 0.6 is 0 Å². The minimum atomic E-state index is -0.196. The van der Waals surface area contributed by atoms with Crippen molar-refractivity contribution < 1.29 is 14.3 Å². The molecule has 3 nitrogen and oxygen atoms in total. The number of hydrogen-bond acceptors (Lipinski definition) is 3. The van der Waals surface area contributed by atoms with Gasteiger partial charge in [-0.2, -0.15) is 0 Å². The fourth-order valence-electron chi connectivity index (χ4n) is 1.62. The Bertz CT molecular complexity index is 347. The highest BCUT2D eigenvalue weighted by atomic mass is 16.5. The van der Waals surface area contributed by atoms with E-state index in [0.717, 1.165) is 11.3 Å². The fourth-order valence-corrected chi connectivity index (χ4v) is 1.62. The van der Waals surface area contributed by atoms with E-state index in [4.69, 9.17) is 4.74 Å². The van der Waals surface area contributed by atoms with Crippen LogP contribution in [0, 0.1) is 0 Å². The molecule has 0 spiro atoms. The third-order valence-electron chi connectivity index (χ3n) is 2.45. The highest BCUT2D eigenvalue weighted by molar-refractivity contribution is 5.70. The number of benzene rings is 1. The molecule has 0 saturated carbocycles. The lowest BCUT2D eigenvalue weighted by Crippen LogP contribution is -2.07. The fraction of sp³-hybridized carbons (Fsp3) is 0.462. The quantitative estimate of drug-likeness (QED) is 0.719. The molecule has 0 N–H and O–H groups in total. The van der Waals surface area contributed by atoms with Gasteiger partial charge in [-0.15, -0.1) is 0 Å². The van der Waals surface area contributed by atoms with Gasteiger partial charge in [0, 0.05) is 0 Å². The first-order chi connectivity index (χ1) is 7.69. The number of ether oxygens (including phenoxy) is 2. The summed E-state index contributed by atoms with van der Waals surface area (Å²) in [6.07, 6.45) is 0.376. The second kappa shape index (κ2) is 6.16. The van der Waals surface area contributed by atoms with Crippen LogP contribution in [0.2, 0.25) is 0 Å². The highest BCUT2D eigenvalue weighted by Gasteiger charge is 2.15. The molecule has 1 rings (SSSR count). The average Bonchev–Trinajstić information content (AvgIpc) is 2.30. The molecule has 1 aromatic rings. The van der Waals surface area contributed by atoms with Crippen LogP contribution in [0.1, 0.15) is 31.7 Å². The predicted octanol–water partition coefficient (Wildman–Crippen LogP) is 2.75. The molecule has 16 heavy (non-hydrogen) atoms. The van der Waals surface area contributed by atoms with Crippen molar-refractivity contribution in [2.75, 3.05) is 13.7 Å². The van der Waals surface area contributed by atoms with Crippen LogP contribution in [-0.4, -0.2) is 19.7 Å². The van der Waals surface area contributed by atoms with Crippen molar-refractivity contribution in [3.8, 4) is 5.75 Å². The monoisotopic (exact) mass is 222 g/mol. The normalized spacial score (nSPS) is 11.9. The largest absolute Gasteiger partial charge is 0.494 e. The van der Waals surface area contributed by atoms with Crippen LogP contribution in [0.5, 0.6) is 5.75 Å². The molecule has 1 atom stereocenters. The first-order valence-electron chi connectivity index (χ1n) is 5.47. The van der Waals surface area contributed by atoms with E-state index in [9.17, 15) is 4.79 Å². The van der Waals surface area contributed by atoms with Crippen molar-refractivity contribution in [2.24, 2.45) is 0 Å². The van der Waals surface area contributed by atoms with Gasteiger partial charge in [0.25, 0.3) is 0 Å². The Morgan fingerprint density at radius 2 is 2.06 bits per heavy atom. The molecule has 3 heteroatoms. The summed E-state index contributed by atoms with van der Waals surface area (Å²) in [7, 11) is 1.41. The summed E-state index contributed by atoms with van der Waals surface area (Å²) in [6, 6.07) is 7.79. The van der Waals surface area contributed by atoms with Gasteiger partial charge in [-0.05, 0) is 24.5 Å². The molecule has 0 heterocycles. The zero-order valence-corrected chi connectivity index (χ0v) is 10.0. The Kier molecular flexibility index (Phi) is 4.83. The van der Waals surface area contributed by atoms with E-state index in [1.165, 1.54) is 7.11 Å². The summed E-state index contributed by atoms with van der Waals surface area (Å²) in [5, 5.41) is 0. The summed E-state index contributed by atoms with van der Waals surface area (Å²) in [6.45, 7) is 4.57. The second-order valence-corrected chi connectivity index (χ2v) is 3.65. The maximum absolute atomic E-state index is 11.2. The average molecular weight is 222 g/mol. The molecule has 0 saturated heterocycles. The lowest BCUT2D eigenvalue weighted by atomic mass is 9.97.